The lowest BCUT2D eigenvalue weighted by atomic mass is 10.2. The van der Waals surface area contributed by atoms with Crippen molar-refractivity contribution >= 4 is 27.6 Å². The maximum absolute atomic E-state index is 12.6. The third-order valence-electron chi connectivity index (χ3n) is 3.44. The van der Waals surface area contributed by atoms with Crippen molar-refractivity contribution in [3.05, 3.63) is 29.3 Å². The van der Waals surface area contributed by atoms with E-state index in [4.69, 9.17) is 16.7 Å². The van der Waals surface area contributed by atoms with Crippen molar-refractivity contribution in [1.29, 1.82) is 0 Å². The zero-order valence-corrected chi connectivity index (χ0v) is 12.4. The molecule has 0 amide bonds. The lowest BCUT2D eigenvalue weighted by Crippen LogP contribution is -2.42. The van der Waals surface area contributed by atoms with Gasteiger partial charge >= 0.3 is 5.97 Å². The summed E-state index contributed by atoms with van der Waals surface area (Å²) >= 11 is 5.75. The van der Waals surface area contributed by atoms with Gasteiger partial charge in [0.2, 0.25) is 10.0 Å². The molecule has 1 fully saturated rings. The molecule has 0 unspecified atom stereocenters. The van der Waals surface area contributed by atoms with Gasteiger partial charge < -0.3 is 5.11 Å². The average molecular weight is 318 g/mol. The van der Waals surface area contributed by atoms with Crippen LogP contribution in [0.3, 0.4) is 0 Å². The van der Waals surface area contributed by atoms with Gasteiger partial charge in [-0.3, -0.25) is 4.79 Å². The summed E-state index contributed by atoms with van der Waals surface area (Å²) in [5.41, 5.74) is 0. The molecule has 7 heteroatoms. The van der Waals surface area contributed by atoms with Crippen molar-refractivity contribution in [2.45, 2.75) is 36.6 Å². The van der Waals surface area contributed by atoms with Crippen molar-refractivity contribution in [1.82, 2.24) is 4.31 Å². The number of hydrogen-bond acceptors (Lipinski definition) is 3. The normalized spacial score (nSPS) is 16.7. The third kappa shape index (κ3) is 3.31. The molecule has 1 saturated carbocycles. The number of aliphatic carboxylic acids is 1. The van der Waals surface area contributed by atoms with Gasteiger partial charge in [0.25, 0.3) is 0 Å². The van der Waals surface area contributed by atoms with Gasteiger partial charge in [0, 0.05) is 11.1 Å². The minimum absolute atomic E-state index is 0.0788. The summed E-state index contributed by atoms with van der Waals surface area (Å²) in [6, 6.07) is 5.55. The van der Waals surface area contributed by atoms with Gasteiger partial charge in [-0.1, -0.05) is 24.4 Å². The Morgan fingerprint density at radius 1 is 1.25 bits per heavy atom. The standard InChI is InChI=1S/C13H16ClNO4S/c14-10-5-7-12(8-6-10)20(18,19)15(9-13(16)17)11-3-1-2-4-11/h5-8,11H,1-4,9H2,(H,16,17). The summed E-state index contributed by atoms with van der Waals surface area (Å²) in [6.07, 6.45) is 3.27. The lowest BCUT2D eigenvalue weighted by Gasteiger charge is -2.26. The number of sulfonamides is 1. The van der Waals surface area contributed by atoms with E-state index < -0.39 is 22.5 Å². The number of carboxylic acid groups (broad SMARTS) is 1. The van der Waals surface area contributed by atoms with E-state index in [0.717, 1.165) is 17.1 Å². The highest BCUT2D eigenvalue weighted by atomic mass is 35.5. The van der Waals surface area contributed by atoms with Crippen molar-refractivity contribution in [2.75, 3.05) is 6.54 Å². The van der Waals surface area contributed by atoms with E-state index in [9.17, 15) is 13.2 Å². The molecule has 0 radical (unpaired) electrons. The van der Waals surface area contributed by atoms with Crippen molar-refractivity contribution in [3.63, 3.8) is 0 Å². The fraction of sp³-hybridized carbons (Fsp3) is 0.462. The van der Waals surface area contributed by atoms with Crippen LogP contribution in [0.1, 0.15) is 25.7 Å². The van der Waals surface area contributed by atoms with Gasteiger partial charge in [-0.25, -0.2) is 8.42 Å². The average Bonchev–Trinajstić information content (AvgIpc) is 2.89. The second kappa shape index (κ2) is 6.11. The highest BCUT2D eigenvalue weighted by Gasteiger charge is 2.34. The Balaban J connectivity index is 2.34. The molecule has 0 aromatic heterocycles. The molecule has 2 rings (SSSR count). The first-order valence-electron chi connectivity index (χ1n) is 6.40. The van der Waals surface area contributed by atoms with Gasteiger partial charge in [0.15, 0.2) is 0 Å². The monoisotopic (exact) mass is 317 g/mol. The Hall–Kier alpha value is -1.11. The molecule has 20 heavy (non-hydrogen) atoms. The van der Waals surface area contributed by atoms with Crippen LogP contribution in [0, 0.1) is 0 Å². The second-order valence-corrected chi connectivity index (χ2v) is 7.16. The van der Waals surface area contributed by atoms with Crippen LogP contribution in [0.2, 0.25) is 5.02 Å². The molecule has 5 nitrogen and oxygen atoms in total. The molecule has 1 N–H and O–H groups in total. The summed E-state index contributed by atoms with van der Waals surface area (Å²) < 4.78 is 26.3. The predicted molar refractivity (Wildman–Crippen MR) is 75.2 cm³/mol. The largest absolute Gasteiger partial charge is 0.480 e. The van der Waals surface area contributed by atoms with Crippen molar-refractivity contribution in [2.24, 2.45) is 0 Å². The molecular weight excluding hydrogens is 302 g/mol. The van der Waals surface area contributed by atoms with Crippen LogP contribution >= 0.6 is 11.6 Å². The predicted octanol–water partition coefficient (Wildman–Crippen LogP) is 2.36. The first kappa shape index (κ1) is 15.3. The number of nitrogens with zero attached hydrogens (tertiary/aromatic N) is 1. The highest BCUT2D eigenvalue weighted by Crippen LogP contribution is 2.28. The molecule has 0 bridgehead atoms. The van der Waals surface area contributed by atoms with Crippen LogP contribution in [0.15, 0.2) is 29.2 Å². The molecule has 0 spiro atoms. The first-order chi connectivity index (χ1) is 9.41. The van der Waals surface area contributed by atoms with E-state index >= 15 is 0 Å². The Kier molecular flexibility index (Phi) is 4.67. The summed E-state index contributed by atoms with van der Waals surface area (Å²) in [6.45, 7) is -0.504. The molecule has 1 aliphatic carbocycles. The fourth-order valence-electron chi connectivity index (χ4n) is 2.48. The number of halogens is 1. The van der Waals surface area contributed by atoms with Gasteiger partial charge in [-0.05, 0) is 37.1 Å². The van der Waals surface area contributed by atoms with Crippen LogP contribution in [0.4, 0.5) is 0 Å². The van der Waals surface area contributed by atoms with Crippen molar-refractivity contribution < 1.29 is 18.3 Å². The third-order valence-corrected chi connectivity index (χ3v) is 5.61. The molecule has 0 atom stereocenters. The number of carbonyl (C=O) groups is 1. The number of hydrogen-bond donors (Lipinski definition) is 1. The summed E-state index contributed by atoms with van der Waals surface area (Å²) in [4.78, 5) is 11.1. The smallest absolute Gasteiger partial charge is 0.318 e. The Bertz CT molecular complexity index is 579. The molecule has 1 aromatic rings. The summed E-state index contributed by atoms with van der Waals surface area (Å²) in [7, 11) is -3.80. The van der Waals surface area contributed by atoms with E-state index in [1.54, 1.807) is 0 Å². The maximum Gasteiger partial charge on any atom is 0.318 e. The molecule has 0 aliphatic heterocycles. The Morgan fingerprint density at radius 3 is 2.30 bits per heavy atom. The van der Waals surface area contributed by atoms with E-state index in [1.165, 1.54) is 24.3 Å². The van der Waals surface area contributed by atoms with E-state index in [2.05, 4.69) is 0 Å². The SMILES string of the molecule is O=C(O)CN(C1CCCC1)S(=O)(=O)c1ccc(Cl)cc1. The quantitative estimate of drug-likeness (QED) is 0.904. The highest BCUT2D eigenvalue weighted by molar-refractivity contribution is 7.89. The molecule has 1 aromatic carbocycles. The van der Waals surface area contributed by atoms with Crippen LogP contribution in [-0.2, 0) is 14.8 Å². The maximum atomic E-state index is 12.6. The minimum atomic E-state index is -3.80. The molecule has 0 heterocycles. The summed E-state index contributed by atoms with van der Waals surface area (Å²) in [5.74, 6) is -1.14. The topological polar surface area (TPSA) is 74.7 Å². The molecule has 1 aliphatic rings. The van der Waals surface area contributed by atoms with Crippen LogP contribution in [0.25, 0.3) is 0 Å². The zero-order chi connectivity index (χ0) is 14.8. The molecule has 0 saturated heterocycles. The zero-order valence-electron chi connectivity index (χ0n) is 10.8. The Morgan fingerprint density at radius 2 is 1.80 bits per heavy atom. The van der Waals surface area contributed by atoms with Gasteiger partial charge in [-0.2, -0.15) is 4.31 Å². The number of carboxylic acids is 1. The van der Waals surface area contributed by atoms with E-state index in [-0.39, 0.29) is 10.9 Å². The van der Waals surface area contributed by atoms with Crippen molar-refractivity contribution in [3.8, 4) is 0 Å². The first-order valence-corrected chi connectivity index (χ1v) is 8.22. The molecule has 110 valence electrons. The second-order valence-electron chi connectivity index (χ2n) is 4.84. The van der Waals surface area contributed by atoms with Gasteiger partial charge in [0.1, 0.15) is 6.54 Å². The minimum Gasteiger partial charge on any atom is -0.480 e. The van der Waals surface area contributed by atoms with Crippen LogP contribution < -0.4 is 0 Å². The van der Waals surface area contributed by atoms with E-state index in [1.807, 2.05) is 0 Å². The number of benzene rings is 1. The van der Waals surface area contributed by atoms with Crippen LogP contribution in [-0.4, -0.2) is 36.4 Å². The fourth-order valence-corrected chi connectivity index (χ4v) is 4.24. The number of rotatable bonds is 5. The summed E-state index contributed by atoms with van der Waals surface area (Å²) in [5, 5.41) is 9.41. The Labute approximate surface area is 123 Å². The van der Waals surface area contributed by atoms with E-state index in [0.29, 0.717) is 17.9 Å². The lowest BCUT2D eigenvalue weighted by molar-refractivity contribution is -0.137. The van der Waals surface area contributed by atoms with Crippen LogP contribution in [0.5, 0.6) is 0 Å². The van der Waals surface area contributed by atoms with Gasteiger partial charge in [-0.15, -0.1) is 0 Å². The molecular formula is C13H16ClNO4S. The van der Waals surface area contributed by atoms with Gasteiger partial charge in [0.05, 0.1) is 4.90 Å².